The highest BCUT2D eigenvalue weighted by atomic mass is 16.5. The number of hydrogen-bond donors (Lipinski definition) is 2. The molecule has 0 bridgehead atoms. The molecule has 0 saturated carbocycles. The SMILES string of the molecule is CCc1ccc(C(NN)C(C)OC)cc1. The minimum atomic E-state index is 0.0425. The molecule has 0 fully saturated rings. The molecule has 0 aromatic heterocycles. The van der Waals surface area contributed by atoms with Crippen molar-refractivity contribution in [1.82, 2.24) is 5.43 Å². The van der Waals surface area contributed by atoms with Crippen LogP contribution in [0, 0.1) is 0 Å². The zero-order valence-electron chi connectivity index (χ0n) is 9.66. The summed E-state index contributed by atoms with van der Waals surface area (Å²) in [6.45, 7) is 4.14. The largest absolute Gasteiger partial charge is 0.380 e. The minimum Gasteiger partial charge on any atom is -0.380 e. The molecule has 0 amide bonds. The molecule has 0 aliphatic rings. The molecule has 3 heteroatoms. The molecule has 3 N–H and O–H groups in total. The zero-order valence-corrected chi connectivity index (χ0v) is 9.66. The first kappa shape index (κ1) is 12.2. The number of nitrogens with one attached hydrogen (secondary N) is 1. The van der Waals surface area contributed by atoms with E-state index in [0.717, 1.165) is 12.0 Å². The minimum absolute atomic E-state index is 0.0425. The van der Waals surface area contributed by atoms with Crippen molar-refractivity contribution < 1.29 is 4.74 Å². The Kier molecular flexibility index (Phi) is 4.75. The van der Waals surface area contributed by atoms with Gasteiger partial charge in [0.1, 0.15) is 0 Å². The average Bonchev–Trinajstić information content (AvgIpc) is 2.30. The summed E-state index contributed by atoms with van der Waals surface area (Å²) in [5.74, 6) is 5.52. The van der Waals surface area contributed by atoms with E-state index in [9.17, 15) is 0 Å². The van der Waals surface area contributed by atoms with Crippen molar-refractivity contribution in [2.24, 2.45) is 5.84 Å². The predicted octanol–water partition coefficient (Wildman–Crippen LogP) is 1.79. The molecule has 2 atom stereocenters. The number of hydrazine groups is 1. The number of aryl methyl sites for hydroxylation is 1. The maximum Gasteiger partial charge on any atom is 0.0750 e. The van der Waals surface area contributed by atoms with Crippen molar-refractivity contribution in [2.75, 3.05) is 7.11 Å². The molecular weight excluding hydrogens is 188 g/mol. The van der Waals surface area contributed by atoms with Crippen molar-refractivity contribution in [1.29, 1.82) is 0 Å². The maximum absolute atomic E-state index is 5.52. The van der Waals surface area contributed by atoms with Gasteiger partial charge in [-0.2, -0.15) is 0 Å². The second-order valence-corrected chi connectivity index (χ2v) is 3.68. The first-order chi connectivity index (χ1) is 7.22. The molecule has 3 nitrogen and oxygen atoms in total. The Hall–Kier alpha value is -0.900. The van der Waals surface area contributed by atoms with Crippen LogP contribution in [0.1, 0.15) is 31.0 Å². The van der Waals surface area contributed by atoms with Crippen LogP contribution in [-0.2, 0) is 11.2 Å². The van der Waals surface area contributed by atoms with E-state index in [1.807, 2.05) is 6.92 Å². The van der Waals surface area contributed by atoms with Gasteiger partial charge in [0, 0.05) is 7.11 Å². The molecule has 0 saturated heterocycles. The molecule has 0 heterocycles. The highest BCUT2D eigenvalue weighted by Crippen LogP contribution is 2.18. The van der Waals surface area contributed by atoms with Crippen LogP contribution in [-0.4, -0.2) is 13.2 Å². The van der Waals surface area contributed by atoms with Crippen LogP contribution >= 0.6 is 0 Å². The molecule has 15 heavy (non-hydrogen) atoms. The van der Waals surface area contributed by atoms with Gasteiger partial charge < -0.3 is 4.74 Å². The third-order valence-corrected chi connectivity index (χ3v) is 2.77. The Morgan fingerprint density at radius 3 is 2.33 bits per heavy atom. The first-order valence-corrected chi connectivity index (χ1v) is 5.30. The van der Waals surface area contributed by atoms with E-state index in [0.29, 0.717) is 0 Å². The van der Waals surface area contributed by atoms with Gasteiger partial charge in [-0.15, -0.1) is 0 Å². The summed E-state index contributed by atoms with van der Waals surface area (Å²) in [5, 5.41) is 0. The molecule has 2 unspecified atom stereocenters. The van der Waals surface area contributed by atoms with Gasteiger partial charge in [-0.25, -0.2) is 0 Å². The Balaban J connectivity index is 2.83. The predicted molar refractivity (Wildman–Crippen MR) is 62.4 cm³/mol. The smallest absolute Gasteiger partial charge is 0.0750 e. The van der Waals surface area contributed by atoms with E-state index in [1.165, 1.54) is 5.56 Å². The molecule has 0 aliphatic heterocycles. The Labute approximate surface area is 91.6 Å². The second kappa shape index (κ2) is 5.85. The van der Waals surface area contributed by atoms with Crippen LogP contribution in [0.15, 0.2) is 24.3 Å². The van der Waals surface area contributed by atoms with Gasteiger partial charge in [-0.3, -0.25) is 11.3 Å². The van der Waals surface area contributed by atoms with Gasteiger partial charge in [0.25, 0.3) is 0 Å². The molecular formula is C12H20N2O. The Morgan fingerprint density at radius 2 is 1.93 bits per heavy atom. The van der Waals surface area contributed by atoms with Gasteiger partial charge in [0.2, 0.25) is 0 Å². The molecule has 0 spiro atoms. The zero-order chi connectivity index (χ0) is 11.3. The number of rotatable bonds is 5. The van der Waals surface area contributed by atoms with Crippen LogP contribution in [0.5, 0.6) is 0 Å². The summed E-state index contributed by atoms with van der Waals surface area (Å²) in [5.41, 5.74) is 5.27. The highest BCUT2D eigenvalue weighted by molar-refractivity contribution is 5.25. The van der Waals surface area contributed by atoms with Crippen LogP contribution < -0.4 is 11.3 Å². The van der Waals surface area contributed by atoms with E-state index in [2.05, 4.69) is 36.6 Å². The number of methoxy groups -OCH3 is 1. The first-order valence-electron chi connectivity index (χ1n) is 5.30. The van der Waals surface area contributed by atoms with Crippen molar-refractivity contribution >= 4 is 0 Å². The van der Waals surface area contributed by atoms with Crippen molar-refractivity contribution in [3.05, 3.63) is 35.4 Å². The van der Waals surface area contributed by atoms with E-state index in [-0.39, 0.29) is 12.1 Å². The number of ether oxygens (including phenoxy) is 1. The van der Waals surface area contributed by atoms with E-state index in [4.69, 9.17) is 10.6 Å². The van der Waals surface area contributed by atoms with Gasteiger partial charge in [0.05, 0.1) is 12.1 Å². The molecule has 84 valence electrons. The van der Waals surface area contributed by atoms with Gasteiger partial charge in [-0.1, -0.05) is 31.2 Å². The van der Waals surface area contributed by atoms with Gasteiger partial charge in [-0.05, 0) is 24.5 Å². The summed E-state index contributed by atoms with van der Waals surface area (Å²) in [7, 11) is 1.69. The standard InChI is InChI=1S/C12H20N2O/c1-4-10-5-7-11(8-6-10)12(14-13)9(2)15-3/h5-9,12,14H,4,13H2,1-3H3. The lowest BCUT2D eigenvalue weighted by atomic mass is 10.0. The van der Waals surface area contributed by atoms with E-state index in [1.54, 1.807) is 7.11 Å². The van der Waals surface area contributed by atoms with Crippen molar-refractivity contribution in [3.63, 3.8) is 0 Å². The fraction of sp³-hybridized carbons (Fsp3) is 0.500. The third kappa shape index (κ3) is 3.02. The lowest BCUT2D eigenvalue weighted by Crippen LogP contribution is -2.36. The summed E-state index contributed by atoms with van der Waals surface area (Å²) in [6.07, 6.45) is 1.11. The lowest BCUT2D eigenvalue weighted by molar-refractivity contribution is 0.0831. The van der Waals surface area contributed by atoms with Crippen LogP contribution in [0.4, 0.5) is 0 Å². The number of hydrogen-bond acceptors (Lipinski definition) is 3. The normalized spacial score (nSPS) is 14.9. The molecule has 1 aromatic rings. The summed E-state index contributed by atoms with van der Waals surface area (Å²) in [4.78, 5) is 0. The molecule has 1 aromatic carbocycles. The van der Waals surface area contributed by atoms with Crippen LogP contribution in [0.3, 0.4) is 0 Å². The molecule has 0 radical (unpaired) electrons. The van der Waals surface area contributed by atoms with Gasteiger partial charge in [0.15, 0.2) is 0 Å². The summed E-state index contributed by atoms with van der Waals surface area (Å²) < 4.78 is 5.27. The third-order valence-electron chi connectivity index (χ3n) is 2.77. The molecule has 1 rings (SSSR count). The van der Waals surface area contributed by atoms with Crippen LogP contribution in [0.2, 0.25) is 0 Å². The van der Waals surface area contributed by atoms with Crippen molar-refractivity contribution in [2.45, 2.75) is 32.4 Å². The Bertz CT molecular complexity index is 284. The maximum atomic E-state index is 5.52. The second-order valence-electron chi connectivity index (χ2n) is 3.68. The Morgan fingerprint density at radius 1 is 1.33 bits per heavy atom. The summed E-state index contributed by atoms with van der Waals surface area (Å²) in [6, 6.07) is 8.49. The average molecular weight is 208 g/mol. The monoisotopic (exact) mass is 208 g/mol. The van der Waals surface area contributed by atoms with E-state index < -0.39 is 0 Å². The van der Waals surface area contributed by atoms with E-state index >= 15 is 0 Å². The van der Waals surface area contributed by atoms with Crippen LogP contribution in [0.25, 0.3) is 0 Å². The number of nitrogens with two attached hydrogens (primary N) is 1. The lowest BCUT2D eigenvalue weighted by Gasteiger charge is -2.22. The number of benzene rings is 1. The van der Waals surface area contributed by atoms with Gasteiger partial charge >= 0.3 is 0 Å². The summed E-state index contributed by atoms with van der Waals surface area (Å²) >= 11 is 0. The fourth-order valence-electron chi connectivity index (χ4n) is 1.60. The highest BCUT2D eigenvalue weighted by Gasteiger charge is 2.16. The molecule has 0 aliphatic carbocycles. The fourth-order valence-corrected chi connectivity index (χ4v) is 1.60. The van der Waals surface area contributed by atoms with Crippen molar-refractivity contribution in [3.8, 4) is 0 Å². The topological polar surface area (TPSA) is 47.3 Å². The quantitative estimate of drug-likeness (QED) is 0.573.